The zero-order valence-electron chi connectivity index (χ0n) is 19.8. The van der Waals surface area contributed by atoms with Gasteiger partial charge in [-0.2, -0.15) is 0 Å². The molecular formula is C27H26Cl2N4O2. The molecule has 1 unspecified atom stereocenters. The fourth-order valence-corrected chi connectivity index (χ4v) is 4.32. The van der Waals surface area contributed by atoms with Crippen LogP contribution in [0.1, 0.15) is 29.1 Å². The van der Waals surface area contributed by atoms with Crippen LogP contribution in [0.3, 0.4) is 0 Å². The molecule has 0 aliphatic rings. The van der Waals surface area contributed by atoms with Gasteiger partial charge in [0.1, 0.15) is 5.82 Å². The summed E-state index contributed by atoms with van der Waals surface area (Å²) < 4.78 is 1.56. The Kier molecular flexibility index (Phi) is 7.55. The van der Waals surface area contributed by atoms with Crippen molar-refractivity contribution in [1.82, 2.24) is 19.4 Å². The van der Waals surface area contributed by atoms with Gasteiger partial charge in [0.2, 0.25) is 0 Å². The van der Waals surface area contributed by atoms with E-state index in [9.17, 15) is 9.59 Å². The Morgan fingerprint density at radius 2 is 1.60 bits per heavy atom. The number of benzene rings is 3. The van der Waals surface area contributed by atoms with Crippen molar-refractivity contribution in [3.05, 3.63) is 105 Å². The maximum atomic E-state index is 13.7. The van der Waals surface area contributed by atoms with E-state index >= 15 is 0 Å². The van der Waals surface area contributed by atoms with Crippen LogP contribution in [0.25, 0.3) is 16.6 Å². The van der Waals surface area contributed by atoms with Gasteiger partial charge in [-0.1, -0.05) is 47.5 Å². The molecule has 0 saturated heterocycles. The lowest BCUT2D eigenvalue weighted by Gasteiger charge is -2.32. The summed E-state index contributed by atoms with van der Waals surface area (Å²) in [6.45, 7) is 2.92. The third-order valence-electron chi connectivity index (χ3n) is 5.88. The number of halogens is 2. The zero-order chi connectivity index (χ0) is 25.1. The van der Waals surface area contributed by atoms with Crippen molar-refractivity contribution in [3.63, 3.8) is 0 Å². The third-order valence-corrected chi connectivity index (χ3v) is 6.46. The van der Waals surface area contributed by atoms with Crippen molar-refractivity contribution in [3.8, 4) is 5.69 Å². The predicted molar refractivity (Wildman–Crippen MR) is 142 cm³/mol. The number of carbonyl (C=O) groups is 1. The van der Waals surface area contributed by atoms with Gasteiger partial charge in [0.25, 0.3) is 11.5 Å². The summed E-state index contributed by atoms with van der Waals surface area (Å²) >= 11 is 12.5. The Morgan fingerprint density at radius 3 is 2.29 bits per heavy atom. The summed E-state index contributed by atoms with van der Waals surface area (Å²) in [5.74, 6) is 0.227. The molecule has 35 heavy (non-hydrogen) atoms. The Morgan fingerprint density at radius 1 is 0.943 bits per heavy atom. The molecule has 1 heterocycles. The van der Waals surface area contributed by atoms with E-state index in [0.717, 1.165) is 0 Å². The van der Waals surface area contributed by atoms with Gasteiger partial charge in [0.05, 0.1) is 33.2 Å². The highest BCUT2D eigenvalue weighted by atomic mass is 35.5. The highest BCUT2D eigenvalue weighted by Crippen LogP contribution is 2.27. The fraction of sp³-hybridized carbons (Fsp3) is 0.222. The van der Waals surface area contributed by atoms with Gasteiger partial charge in [-0.25, -0.2) is 4.98 Å². The second kappa shape index (κ2) is 10.6. The van der Waals surface area contributed by atoms with E-state index in [1.165, 1.54) is 0 Å². The number of hydrogen-bond donors (Lipinski definition) is 0. The number of likely N-dealkylation sites (N-methyl/N-ethyl adjacent to an activating group) is 1. The van der Waals surface area contributed by atoms with Crippen LogP contribution in [0.4, 0.5) is 0 Å². The van der Waals surface area contributed by atoms with Crippen molar-refractivity contribution in [2.45, 2.75) is 13.0 Å². The maximum Gasteiger partial charge on any atom is 0.266 e. The lowest BCUT2D eigenvalue weighted by Crippen LogP contribution is -2.41. The number of rotatable bonds is 7. The van der Waals surface area contributed by atoms with E-state index in [0.29, 0.717) is 51.1 Å². The monoisotopic (exact) mass is 508 g/mol. The first-order chi connectivity index (χ1) is 16.8. The largest absolute Gasteiger partial charge is 0.327 e. The molecule has 0 N–H and O–H groups in total. The molecule has 3 aromatic carbocycles. The van der Waals surface area contributed by atoms with E-state index in [-0.39, 0.29) is 11.5 Å². The number of carbonyl (C=O) groups excluding carboxylic acids is 1. The average Bonchev–Trinajstić information content (AvgIpc) is 2.84. The Labute approximate surface area is 214 Å². The summed E-state index contributed by atoms with van der Waals surface area (Å²) in [6.07, 6.45) is 0. The van der Waals surface area contributed by atoms with Gasteiger partial charge in [0, 0.05) is 18.1 Å². The van der Waals surface area contributed by atoms with E-state index < -0.39 is 6.04 Å². The summed E-state index contributed by atoms with van der Waals surface area (Å²) in [7, 11) is 3.89. The highest BCUT2D eigenvalue weighted by molar-refractivity contribution is 6.33. The number of para-hydroxylation sites is 1. The summed E-state index contributed by atoms with van der Waals surface area (Å²) in [5.41, 5.74) is 1.39. The smallest absolute Gasteiger partial charge is 0.266 e. The minimum absolute atomic E-state index is 0.211. The van der Waals surface area contributed by atoms with Crippen LogP contribution in [0, 0.1) is 0 Å². The van der Waals surface area contributed by atoms with Gasteiger partial charge >= 0.3 is 0 Å². The van der Waals surface area contributed by atoms with Gasteiger partial charge in [-0.3, -0.25) is 14.2 Å². The van der Waals surface area contributed by atoms with E-state index in [1.807, 2.05) is 38.1 Å². The molecule has 6 nitrogen and oxygen atoms in total. The molecule has 1 amide bonds. The molecule has 180 valence electrons. The van der Waals surface area contributed by atoms with Crippen LogP contribution in [0.15, 0.2) is 77.6 Å². The molecule has 4 aromatic rings. The number of hydrogen-bond acceptors (Lipinski definition) is 4. The van der Waals surface area contributed by atoms with Crippen LogP contribution in [-0.4, -0.2) is 52.4 Å². The molecular weight excluding hydrogens is 483 g/mol. The van der Waals surface area contributed by atoms with Gasteiger partial charge in [-0.15, -0.1) is 0 Å². The fourth-order valence-electron chi connectivity index (χ4n) is 3.98. The SMILES string of the molecule is CC(c1nc2ccccc2c(=O)n1-c1ccc(Cl)cc1)N(CCN(C)C)C(=O)c1ccccc1Cl. The van der Waals surface area contributed by atoms with Crippen LogP contribution in [0.5, 0.6) is 0 Å². The second-order valence-corrected chi connectivity index (χ2v) is 9.41. The number of aromatic nitrogens is 2. The zero-order valence-corrected chi connectivity index (χ0v) is 21.3. The summed E-state index contributed by atoms with van der Waals surface area (Å²) in [4.78, 5) is 36.0. The normalized spacial score (nSPS) is 12.2. The predicted octanol–water partition coefficient (Wildman–Crippen LogP) is 5.46. The van der Waals surface area contributed by atoms with Crippen molar-refractivity contribution in [2.75, 3.05) is 27.2 Å². The van der Waals surface area contributed by atoms with Gasteiger partial charge in [0.15, 0.2) is 0 Å². The van der Waals surface area contributed by atoms with Crippen LogP contribution in [0.2, 0.25) is 10.0 Å². The van der Waals surface area contributed by atoms with Crippen molar-refractivity contribution in [2.24, 2.45) is 0 Å². The third kappa shape index (κ3) is 5.25. The minimum atomic E-state index is -0.535. The highest BCUT2D eigenvalue weighted by Gasteiger charge is 2.28. The first-order valence-electron chi connectivity index (χ1n) is 11.3. The molecule has 0 fully saturated rings. The van der Waals surface area contributed by atoms with Crippen LogP contribution >= 0.6 is 23.2 Å². The van der Waals surface area contributed by atoms with Crippen molar-refractivity contribution >= 4 is 40.0 Å². The van der Waals surface area contributed by atoms with Gasteiger partial charge < -0.3 is 9.80 Å². The first-order valence-corrected chi connectivity index (χ1v) is 12.0. The quantitative estimate of drug-likeness (QED) is 0.332. The second-order valence-electron chi connectivity index (χ2n) is 8.56. The Balaban J connectivity index is 1.91. The molecule has 0 aliphatic carbocycles. The standard InChI is InChI=1S/C27H26Cl2N4O2/c1-18(32(17-16-31(2)3)26(34)21-8-4-6-10-23(21)29)25-30-24-11-7-5-9-22(24)27(35)33(25)20-14-12-19(28)13-15-20/h4-15,18H,16-17H2,1-3H3. The van der Waals surface area contributed by atoms with E-state index in [4.69, 9.17) is 28.2 Å². The Hall–Kier alpha value is -3.19. The summed E-state index contributed by atoms with van der Waals surface area (Å²) in [6, 6.07) is 20.7. The molecule has 0 spiro atoms. The van der Waals surface area contributed by atoms with Crippen molar-refractivity contribution < 1.29 is 4.79 Å². The Bertz CT molecular complexity index is 1420. The van der Waals surface area contributed by atoms with Crippen LogP contribution < -0.4 is 5.56 Å². The first kappa shape index (κ1) is 24.9. The molecule has 0 aliphatic heterocycles. The molecule has 4 rings (SSSR count). The lowest BCUT2D eigenvalue weighted by atomic mass is 10.1. The summed E-state index contributed by atoms with van der Waals surface area (Å²) in [5, 5.41) is 1.43. The van der Waals surface area contributed by atoms with E-state index in [1.54, 1.807) is 70.1 Å². The minimum Gasteiger partial charge on any atom is -0.327 e. The van der Waals surface area contributed by atoms with Crippen molar-refractivity contribution in [1.29, 1.82) is 0 Å². The lowest BCUT2D eigenvalue weighted by molar-refractivity contribution is 0.0667. The topological polar surface area (TPSA) is 58.4 Å². The molecule has 1 aromatic heterocycles. The molecule has 8 heteroatoms. The number of fused-ring (bicyclic) bond motifs is 1. The maximum absolute atomic E-state index is 13.7. The molecule has 1 atom stereocenters. The molecule has 0 radical (unpaired) electrons. The molecule has 0 bridgehead atoms. The van der Waals surface area contributed by atoms with Crippen LogP contribution in [-0.2, 0) is 0 Å². The number of amides is 1. The average molecular weight is 509 g/mol. The van der Waals surface area contributed by atoms with Gasteiger partial charge in [-0.05, 0) is 69.6 Å². The molecule has 0 saturated carbocycles. The number of nitrogens with zero attached hydrogens (tertiary/aromatic N) is 4. The van der Waals surface area contributed by atoms with E-state index in [2.05, 4.69) is 0 Å².